The molecule has 0 N–H and O–H groups in total. The van der Waals surface area contributed by atoms with Crippen LogP contribution in [0.25, 0.3) is 0 Å². The predicted molar refractivity (Wildman–Crippen MR) is 91.5 cm³/mol. The number of nitrogens with zero attached hydrogens (tertiary/aromatic N) is 1. The first-order valence-corrected chi connectivity index (χ1v) is 11.4. The Kier molecular flexibility index (Phi) is 4.35. The fraction of sp³-hybridized carbons (Fsp3) is 0.933. The quantitative estimate of drug-likeness (QED) is 0.743. The molecule has 0 amide bonds. The van der Waals surface area contributed by atoms with Crippen molar-refractivity contribution in [2.45, 2.75) is 90.4 Å². The molecule has 0 aliphatic carbocycles. The highest BCUT2D eigenvalue weighted by atomic mass is 28.4. The van der Waals surface area contributed by atoms with Crippen LogP contribution in [0.4, 0.5) is 0 Å². The predicted octanol–water partition coefficient (Wildman–Crippen LogP) is 3.39. The first-order valence-electron chi connectivity index (χ1n) is 8.02. The molecule has 2 aliphatic heterocycles. The van der Waals surface area contributed by atoms with Gasteiger partial charge in [-0.15, -0.1) is 0 Å². The number of oxime groups is 1. The summed E-state index contributed by atoms with van der Waals surface area (Å²) in [7, 11) is -2.05. The standard InChI is InChI=1S/C15H30BNO4Si/c1-13(2,21-22(7,8)9)11-10-12(18-17-11)16-19-14(3,4)15(5,6)20-16/h12H,10H2,1-9H3. The Hall–Kier alpha value is -0.368. The lowest BCUT2D eigenvalue weighted by Gasteiger charge is -2.32. The molecular formula is C15H30BNO4Si. The van der Waals surface area contributed by atoms with Crippen molar-refractivity contribution in [2.24, 2.45) is 5.16 Å². The summed E-state index contributed by atoms with van der Waals surface area (Å²) in [4.78, 5) is 5.61. The van der Waals surface area contributed by atoms with Gasteiger partial charge >= 0.3 is 7.12 Å². The first kappa shape index (κ1) is 18.0. The van der Waals surface area contributed by atoms with Crippen LogP contribution in [0.1, 0.15) is 48.0 Å². The lowest BCUT2D eigenvalue weighted by atomic mass is 9.77. The SMILES string of the molecule is CC(C)(O[Si](C)(C)C)C1=NOC(B2OC(C)(C)C(C)(C)O2)C1. The molecule has 5 nitrogen and oxygen atoms in total. The van der Waals surface area contributed by atoms with E-state index < -0.39 is 21.0 Å². The van der Waals surface area contributed by atoms with Gasteiger partial charge < -0.3 is 18.6 Å². The van der Waals surface area contributed by atoms with Gasteiger partial charge in [-0.2, -0.15) is 0 Å². The summed E-state index contributed by atoms with van der Waals surface area (Å²) in [6, 6.07) is -0.208. The van der Waals surface area contributed by atoms with Crippen molar-refractivity contribution in [3.63, 3.8) is 0 Å². The highest BCUT2D eigenvalue weighted by Crippen LogP contribution is 2.39. The minimum atomic E-state index is -1.66. The van der Waals surface area contributed by atoms with E-state index in [4.69, 9.17) is 18.6 Å². The topological polar surface area (TPSA) is 49.3 Å². The van der Waals surface area contributed by atoms with Gasteiger partial charge in [0, 0.05) is 6.42 Å². The molecule has 2 aliphatic rings. The van der Waals surface area contributed by atoms with E-state index in [1.165, 1.54) is 0 Å². The summed E-state index contributed by atoms with van der Waals surface area (Å²) in [5.41, 5.74) is -0.194. The zero-order chi connectivity index (χ0) is 17.0. The van der Waals surface area contributed by atoms with E-state index in [-0.39, 0.29) is 17.2 Å². The molecule has 0 aromatic heterocycles. The van der Waals surface area contributed by atoms with E-state index in [1.54, 1.807) is 0 Å². The summed E-state index contributed by atoms with van der Waals surface area (Å²) >= 11 is 0. The smallest absolute Gasteiger partial charge is 0.407 e. The third-order valence-electron chi connectivity index (χ3n) is 4.52. The van der Waals surface area contributed by atoms with Crippen molar-refractivity contribution in [1.82, 2.24) is 0 Å². The van der Waals surface area contributed by atoms with Crippen molar-refractivity contribution in [2.75, 3.05) is 0 Å². The van der Waals surface area contributed by atoms with Gasteiger partial charge in [0.05, 0.1) is 22.5 Å². The molecule has 1 unspecified atom stereocenters. The summed E-state index contributed by atoms with van der Waals surface area (Å²) < 4.78 is 18.4. The van der Waals surface area contributed by atoms with Crippen LogP contribution in [0, 0.1) is 0 Å². The molecule has 7 heteroatoms. The second kappa shape index (κ2) is 5.33. The van der Waals surface area contributed by atoms with E-state index >= 15 is 0 Å². The zero-order valence-corrected chi connectivity index (χ0v) is 16.4. The molecule has 0 aromatic rings. The van der Waals surface area contributed by atoms with Crippen molar-refractivity contribution in [1.29, 1.82) is 0 Å². The zero-order valence-electron chi connectivity index (χ0n) is 15.4. The van der Waals surface area contributed by atoms with Crippen LogP contribution in [-0.4, -0.2) is 44.0 Å². The van der Waals surface area contributed by atoms with Crippen molar-refractivity contribution >= 4 is 21.1 Å². The molecule has 0 aromatic carbocycles. The summed E-state index contributed by atoms with van der Waals surface area (Å²) in [5, 5.41) is 4.27. The van der Waals surface area contributed by atoms with Gasteiger partial charge in [0.25, 0.3) is 0 Å². The van der Waals surface area contributed by atoms with E-state index in [0.717, 1.165) is 5.71 Å². The largest absolute Gasteiger partial charge is 0.505 e. The molecule has 0 bridgehead atoms. The van der Waals surface area contributed by atoms with Gasteiger partial charge in [-0.25, -0.2) is 0 Å². The van der Waals surface area contributed by atoms with Gasteiger partial charge in [-0.3, -0.25) is 0 Å². The molecule has 1 atom stereocenters. The van der Waals surface area contributed by atoms with E-state index in [9.17, 15) is 0 Å². The van der Waals surface area contributed by atoms with Crippen LogP contribution >= 0.6 is 0 Å². The fourth-order valence-corrected chi connectivity index (χ4v) is 4.41. The van der Waals surface area contributed by atoms with Crippen LogP contribution < -0.4 is 0 Å². The number of hydrogen-bond donors (Lipinski definition) is 0. The Morgan fingerprint density at radius 3 is 2.09 bits per heavy atom. The van der Waals surface area contributed by atoms with Crippen LogP contribution in [0.2, 0.25) is 19.6 Å². The lowest BCUT2D eigenvalue weighted by molar-refractivity contribution is 0.00578. The Labute approximate surface area is 136 Å². The van der Waals surface area contributed by atoms with Crippen molar-refractivity contribution in [3.05, 3.63) is 0 Å². The molecule has 2 heterocycles. The monoisotopic (exact) mass is 327 g/mol. The number of rotatable bonds is 4. The molecule has 126 valence electrons. The first-order chi connectivity index (χ1) is 9.74. The van der Waals surface area contributed by atoms with E-state index in [0.29, 0.717) is 6.42 Å². The van der Waals surface area contributed by atoms with Gasteiger partial charge in [-0.1, -0.05) is 5.16 Å². The maximum atomic E-state index is 6.25. The third kappa shape index (κ3) is 3.58. The van der Waals surface area contributed by atoms with Crippen LogP contribution in [0.15, 0.2) is 5.16 Å². The third-order valence-corrected chi connectivity index (χ3v) is 5.65. The molecule has 1 saturated heterocycles. The van der Waals surface area contributed by atoms with Crippen molar-refractivity contribution in [3.8, 4) is 0 Å². The minimum Gasteiger partial charge on any atom is -0.407 e. The number of hydrogen-bond acceptors (Lipinski definition) is 5. The molecule has 0 spiro atoms. The maximum absolute atomic E-state index is 6.25. The summed E-state index contributed by atoms with van der Waals surface area (Å²) in [5.74, 6) is 0. The second-order valence-corrected chi connectivity index (χ2v) is 13.2. The van der Waals surface area contributed by atoms with Gasteiger partial charge in [0.1, 0.15) is 0 Å². The van der Waals surface area contributed by atoms with Gasteiger partial charge in [0.2, 0.25) is 0 Å². The minimum absolute atomic E-state index is 0.208. The lowest BCUT2D eigenvalue weighted by Crippen LogP contribution is -2.45. The van der Waals surface area contributed by atoms with Crippen LogP contribution in [0.5, 0.6) is 0 Å². The van der Waals surface area contributed by atoms with Crippen LogP contribution in [0.3, 0.4) is 0 Å². The summed E-state index contributed by atoms with van der Waals surface area (Å²) in [6.45, 7) is 18.8. The molecule has 1 fully saturated rings. The Morgan fingerprint density at radius 1 is 1.14 bits per heavy atom. The molecule has 0 radical (unpaired) electrons. The van der Waals surface area contributed by atoms with E-state index in [1.807, 2.05) is 27.7 Å². The second-order valence-electron chi connectivity index (χ2n) is 8.74. The fourth-order valence-electron chi connectivity index (χ4n) is 2.76. The van der Waals surface area contributed by atoms with Gasteiger partial charge in [0.15, 0.2) is 14.3 Å². The average molecular weight is 327 g/mol. The Morgan fingerprint density at radius 2 is 1.64 bits per heavy atom. The highest BCUT2D eigenvalue weighted by molar-refractivity contribution is 6.70. The molecule has 22 heavy (non-hydrogen) atoms. The molecule has 0 saturated carbocycles. The Balaban J connectivity index is 2.01. The summed E-state index contributed by atoms with van der Waals surface area (Å²) in [6.07, 6.45) is 0.675. The normalized spacial score (nSPS) is 27.8. The highest BCUT2D eigenvalue weighted by Gasteiger charge is 2.56. The van der Waals surface area contributed by atoms with E-state index in [2.05, 4.69) is 38.6 Å². The molecular weight excluding hydrogens is 297 g/mol. The van der Waals surface area contributed by atoms with Gasteiger partial charge in [-0.05, 0) is 61.2 Å². The Bertz CT molecular complexity index is 455. The van der Waals surface area contributed by atoms with Crippen LogP contribution in [-0.2, 0) is 18.6 Å². The average Bonchev–Trinajstić information content (AvgIpc) is 2.79. The van der Waals surface area contributed by atoms with Crippen molar-refractivity contribution < 1.29 is 18.6 Å². The maximum Gasteiger partial charge on any atom is 0.505 e. The molecule has 2 rings (SSSR count).